The highest BCUT2D eigenvalue weighted by Gasteiger charge is 2.43. The van der Waals surface area contributed by atoms with E-state index in [2.05, 4.69) is 65.9 Å². The van der Waals surface area contributed by atoms with E-state index in [1.54, 1.807) is 0 Å². The minimum atomic E-state index is -1.88. The van der Waals surface area contributed by atoms with Crippen molar-refractivity contribution in [2.24, 2.45) is 23.7 Å². The first-order valence-corrected chi connectivity index (χ1v) is 17.1. The molecule has 2 rings (SSSR count). The molecule has 1 fully saturated rings. The number of allylic oxidation sites excluding steroid dienone is 2. The van der Waals surface area contributed by atoms with Crippen molar-refractivity contribution in [3.8, 4) is 0 Å². The van der Waals surface area contributed by atoms with Gasteiger partial charge in [-0.2, -0.15) is 0 Å². The first-order valence-electron chi connectivity index (χ1n) is 14.2. The summed E-state index contributed by atoms with van der Waals surface area (Å²) in [6.45, 7) is 16.2. The maximum atomic E-state index is 11.4. The first kappa shape index (κ1) is 30.3. The van der Waals surface area contributed by atoms with E-state index in [0.29, 0.717) is 24.2 Å². The number of ether oxygens (including phenoxy) is 1. The topological polar surface area (TPSA) is 55.8 Å². The molecule has 6 atom stereocenters. The normalized spacial score (nSPS) is 26.6. The summed E-state index contributed by atoms with van der Waals surface area (Å²) in [5.41, 5.74) is 1.51. The molecule has 35 heavy (non-hydrogen) atoms. The molecule has 2 aliphatic carbocycles. The highest BCUT2D eigenvalue weighted by atomic mass is 28.4. The third-order valence-corrected chi connectivity index (χ3v) is 13.3. The molecule has 0 aromatic heterocycles. The average Bonchev–Trinajstić information content (AvgIpc) is 3.28. The van der Waals surface area contributed by atoms with Crippen molar-refractivity contribution in [3.63, 3.8) is 0 Å². The summed E-state index contributed by atoms with van der Waals surface area (Å²) < 4.78 is 11.6. The summed E-state index contributed by atoms with van der Waals surface area (Å²) in [7, 11) is -0.430. The van der Waals surface area contributed by atoms with Gasteiger partial charge in [-0.25, -0.2) is 0 Å². The van der Waals surface area contributed by atoms with Gasteiger partial charge in [0.05, 0.1) is 19.3 Å². The second kappa shape index (κ2) is 13.6. The van der Waals surface area contributed by atoms with Crippen LogP contribution >= 0.6 is 0 Å². The fourth-order valence-corrected chi connectivity index (χ4v) is 6.84. The van der Waals surface area contributed by atoms with Crippen molar-refractivity contribution in [2.75, 3.05) is 7.11 Å². The Morgan fingerprint density at radius 1 is 1.26 bits per heavy atom. The van der Waals surface area contributed by atoms with E-state index >= 15 is 0 Å². The van der Waals surface area contributed by atoms with E-state index in [0.717, 1.165) is 38.5 Å². The molecule has 0 heterocycles. The zero-order valence-corrected chi connectivity index (χ0v) is 24.9. The number of aliphatic hydroxyl groups excluding tert-OH is 1. The molecule has 0 saturated heterocycles. The molecule has 0 aromatic rings. The third kappa shape index (κ3) is 9.16. The number of unbranched alkanes of at least 4 members (excludes halogenated alkanes) is 2. The molecule has 2 aliphatic rings. The number of fused-ring (bicyclic) bond motifs is 1. The second-order valence-electron chi connectivity index (χ2n) is 12.8. The Labute approximate surface area is 217 Å². The number of hydrogen-bond acceptors (Lipinski definition) is 4. The van der Waals surface area contributed by atoms with Crippen molar-refractivity contribution in [2.45, 2.75) is 129 Å². The van der Waals surface area contributed by atoms with Gasteiger partial charge in [-0.3, -0.25) is 4.79 Å². The van der Waals surface area contributed by atoms with Gasteiger partial charge in [0, 0.05) is 12.3 Å². The van der Waals surface area contributed by atoms with Crippen LogP contribution in [0.4, 0.5) is 0 Å². The zero-order valence-electron chi connectivity index (χ0n) is 23.9. The predicted molar refractivity (Wildman–Crippen MR) is 149 cm³/mol. The standard InChI is InChI=1S/C30H54O4Si/c1-9-10-13-22(2)18-25(34-35(7,8)30(3,4)5)16-17-26-27-20-23(19-24(27)21-28(26)31)14-11-12-15-29(32)33-6/h16-17,19,22,24-28,31H,9-15,18,20-21H2,1-8H3/b17-16+/t22-,24-,25+,26+,27-,28+/m0/s1. The molecule has 1 saturated carbocycles. The van der Waals surface area contributed by atoms with Crippen LogP contribution in [0.5, 0.6) is 0 Å². The maximum Gasteiger partial charge on any atom is 0.305 e. The average molecular weight is 507 g/mol. The molecule has 1 N–H and O–H groups in total. The van der Waals surface area contributed by atoms with Gasteiger partial charge in [-0.05, 0) is 74.4 Å². The van der Waals surface area contributed by atoms with E-state index in [-0.39, 0.29) is 29.1 Å². The fourth-order valence-electron chi connectivity index (χ4n) is 5.55. The Kier molecular flexibility index (Phi) is 11.8. The molecule has 0 radical (unpaired) electrons. The van der Waals surface area contributed by atoms with Crippen molar-refractivity contribution >= 4 is 14.3 Å². The molecule has 0 bridgehead atoms. The van der Waals surface area contributed by atoms with Gasteiger partial charge in [-0.15, -0.1) is 0 Å². The largest absolute Gasteiger partial charge is 0.469 e. The Hall–Kier alpha value is -0.913. The highest BCUT2D eigenvalue weighted by molar-refractivity contribution is 6.74. The quantitative estimate of drug-likeness (QED) is 0.113. The van der Waals surface area contributed by atoms with Crippen LogP contribution in [-0.4, -0.2) is 38.7 Å². The molecule has 0 spiro atoms. The Bertz CT molecular complexity index is 720. The lowest BCUT2D eigenvalue weighted by Gasteiger charge is -2.39. The molecule has 4 nitrogen and oxygen atoms in total. The van der Waals surface area contributed by atoms with Crippen LogP contribution in [0.1, 0.15) is 98.8 Å². The number of carbonyl (C=O) groups excluding carboxylic acids is 1. The monoisotopic (exact) mass is 506 g/mol. The molecule has 0 unspecified atom stereocenters. The molecule has 0 amide bonds. The van der Waals surface area contributed by atoms with Gasteiger partial charge in [-0.1, -0.05) is 77.7 Å². The van der Waals surface area contributed by atoms with Crippen LogP contribution in [0.15, 0.2) is 23.8 Å². The van der Waals surface area contributed by atoms with Crippen LogP contribution in [0.2, 0.25) is 18.1 Å². The smallest absolute Gasteiger partial charge is 0.305 e. The lowest BCUT2D eigenvalue weighted by Crippen LogP contribution is -2.44. The molecule has 5 heteroatoms. The molecular formula is C30H54O4Si. The lowest BCUT2D eigenvalue weighted by atomic mass is 9.88. The van der Waals surface area contributed by atoms with Crippen LogP contribution in [0.25, 0.3) is 0 Å². The van der Waals surface area contributed by atoms with Gasteiger partial charge in [0.1, 0.15) is 0 Å². The van der Waals surface area contributed by atoms with Crippen LogP contribution in [-0.2, 0) is 14.0 Å². The lowest BCUT2D eigenvalue weighted by molar-refractivity contribution is -0.140. The minimum Gasteiger partial charge on any atom is -0.469 e. The van der Waals surface area contributed by atoms with Crippen molar-refractivity contribution in [3.05, 3.63) is 23.8 Å². The summed E-state index contributed by atoms with van der Waals surface area (Å²) in [6.07, 6.45) is 17.2. The van der Waals surface area contributed by atoms with Crippen LogP contribution < -0.4 is 0 Å². The number of hydrogen-bond donors (Lipinski definition) is 1. The van der Waals surface area contributed by atoms with Gasteiger partial charge < -0.3 is 14.3 Å². The SMILES string of the molecule is CCCC[C@H](C)C[C@@H](/C=C/[C@@H]1[C@H]2CC(CCCCC(=O)OC)=C[C@H]2C[C@H]1O)O[Si](C)(C)C(C)(C)C. The number of rotatable bonds is 14. The van der Waals surface area contributed by atoms with E-state index in [9.17, 15) is 9.90 Å². The predicted octanol–water partition coefficient (Wildman–Crippen LogP) is 7.83. The minimum absolute atomic E-state index is 0.117. The Morgan fingerprint density at radius 2 is 1.97 bits per heavy atom. The zero-order chi connectivity index (χ0) is 26.2. The number of carbonyl (C=O) groups is 1. The maximum absolute atomic E-state index is 11.4. The van der Waals surface area contributed by atoms with Gasteiger partial charge in [0.15, 0.2) is 8.32 Å². The fraction of sp³-hybridized carbons (Fsp3) is 0.833. The van der Waals surface area contributed by atoms with Crippen LogP contribution in [0, 0.1) is 23.7 Å². The molecule has 0 aliphatic heterocycles. The summed E-state index contributed by atoms with van der Waals surface area (Å²) in [6, 6.07) is 0. The molecule has 0 aromatic carbocycles. The van der Waals surface area contributed by atoms with Crippen molar-refractivity contribution < 1.29 is 19.1 Å². The number of aliphatic hydroxyl groups is 1. The highest BCUT2D eigenvalue weighted by Crippen LogP contribution is 2.48. The van der Waals surface area contributed by atoms with Gasteiger partial charge in [0.25, 0.3) is 0 Å². The summed E-state index contributed by atoms with van der Waals surface area (Å²) in [5, 5.41) is 11.1. The number of methoxy groups -OCH3 is 1. The van der Waals surface area contributed by atoms with Crippen LogP contribution in [0.3, 0.4) is 0 Å². The van der Waals surface area contributed by atoms with Crippen molar-refractivity contribution in [1.82, 2.24) is 0 Å². The third-order valence-electron chi connectivity index (χ3n) is 8.79. The Balaban J connectivity index is 2.02. The van der Waals surface area contributed by atoms with E-state index in [1.165, 1.54) is 31.9 Å². The molecule has 202 valence electrons. The van der Waals surface area contributed by atoms with E-state index in [1.807, 2.05) is 0 Å². The van der Waals surface area contributed by atoms with Crippen molar-refractivity contribution in [1.29, 1.82) is 0 Å². The summed E-state index contributed by atoms with van der Waals surface area (Å²) in [4.78, 5) is 11.4. The summed E-state index contributed by atoms with van der Waals surface area (Å²) in [5.74, 6) is 1.72. The van der Waals surface area contributed by atoms with Gasteiger partial charge in [0.2, 0.25) is 0 Å². The van der Waals surface area contributed by atoms with E-state index < -0.39 is 8.32 Å². The van der Waals surface area contributed by atoms with Gasteiger partial charge >= 0.3 is 5.97 Å². The first-order chi connectivity index (χ1) is 16.4. The molecular weight excluding hydrogens is 452 g/mol. The summed E-state index contributed by atoms with van der Waals surface area (Å²) >= 11 is 0. The second-order valence-corrected chi connectivity index (χ2v) is 17.6. The Morgan fingerprint density at radius 3 is 2.60 bits per heavy atom. The number of esters is 1. The van der Waals surface area contributed by atoms with E-state index in [4.69, 9.17) is 9.16 Å².